The summed E-state index contributed by atoms with van der Waals surface area (Å²) in [5.74, 6) is 0.148. The molecular formula is C12H9FN4. The normalized spacial score (nSPS) is 9.71. The summed E-state index contributed by atoms with van der Waals surface area (Å²) < 4.78 is 13.5. The van der Waals surface area contributed by atoms with Crippen LogP contribution in [0.25, 0.3) is 0 Å². The summed E-state index contributed by atoms with van der Waals surface area (Å²) in [6, 6.07) is 8.27. The third-order valence-corrected chi connectivity index (χ3v) is 2.31. The number of hydrogen-bond donors (Lipinski definition) is 0. The Morgan fingerprint density at radius 1 is 1.24 bits per heavy atom. The van der Waals surface area contributed by atoms with Gasteiger partial charge in [0, 0.05) is 7.05 Å². The quantitative estimate of drug-likeness (QED) is 0.791. The SMILES string of the molecule is CN(c1cnc(C#N)cn1)c1ccccc1F. The smallest absolute Gasteiger partial charge is 0.158 e. The maximum Gasteiger partial charge on any atom is 0.158 e. The van der Waals surface area contributed by atoms with Gasteiger partial charge in [-0.3, -0.25) is 0 Å². The van der Waals surface area contributed by atoms with Crippen LogP contribution >= 0.6 is 0 Å². The van der Waals surface area contributed by atoms with Gasteiger partial charge < -0.3 is 4.90 Å². The zero-order valence-electron chi connectivity index (χ0n) is 9.13. The first-order valence-electron chi connectivity index (χ1n) is 4.93. The van der Waals surface area contributed by atoms with E-state index in [4.69, 9.17) is 5.26 Å². The van der Waals surface area contributed by atoms with E-state index in [0.717, 1.165) is 0 Å². The molecular weight excluding hydrogens is 219 g/mol. The number of aromatic nitrogens is 2. The van der Waals surface area contributed by atoms with Gasteiger partial charge in [0.25, 0.3) is 0 Å². The lowest BCUT2D eigenvalue weighted by Gasteiger charge is -2.18. The average molecular weight is 228 g/mol. The van der Waals surface area contributed by atoms with Crippen LogP contribution in [0, 0.1) is 17.1 Å². The maximum absolute atomic E-state index is 13.5. The van der Waals surface area contributed by atoms with Gasteiger partial charge in [-0.2, -0.15) is 5.26 Å². The molecule has 0 aliphatic carbocycles. The van der Waals surface area contributed by atoms with Crippen molar-refractivity contribution in [1.82, 2.24) is 9.97 Å². The van der Waals surface area contributed by atoms with Crippen LogP contribution < -0.4 is 4.90 Å². The Balaban J connectivity index is 2.34. The molecule has 0 bridgehead atoms. The zero-order valence-corrected chi connectivity index (χ0v) is 9.13. The van der Waals surface area contributed by atoms with Gasteiger partial charge in [-0.25, -0.2) is 14.4 Å². The van der Waals surface area contributed by atoms with Crippen molar-refractivity contribution in [3.8, 4) is 6.07 Å². The van der Waals surface area contributed by atoms with E-state index >= 15 is 0 Å². The molecule has 0 aliphatic rings. The number of nitriles is 1. The standard InChI is InChI=1S/C12H9FN4/c1-17(11-5-3-2-4-10(11)13)12-8-15-9(6-14)7-16-12/h2-5,7-8H,1H3. The van der Waals surface area contributed by atoms with E-state index in [2.05, 4.69) is 9.97 Å². The molecule has 2 rings (SSSR count). The predicted octanol–water partition coefficient (Wildman–Crippen LogP) is 2.26. The van der Waals surface area contributed by atoms with E-state index in [1.54, 1.807) is 30.1 Å². The lowest BCUT2D eigenvalue weighted by atomic mass is 10.3. The van der Waals surface area contributed by atoms with Crippen LogP contribution in [0.4, 0.5) is 15.9 Å². The molecule has 0 amide bonds. The number of para-hydroxylation sites is 1. The van der Waals surface area contributed by atoms with Gasteiger partial charge in [-0.05, 0) is 12.1 Å². The maximum atomic E-state index is 13.5. The van der Waals surface area contributed by atoms with Crippen LogP contribution in [0.1, 0.15) is 5.69 Å². The Kier molecular flexibility index (Phi) is 2.97. The summed E-state index contributed by atoms with van der Waals surface area (Å²) >= 11 is 0. The highest BCUT2D eigenvalue weighted by molar-refractivity contribution is 5.58. The number of hydrogen-bond acceptors (Lipinski definition) is 4. The minimum absolute atomic E-state index is 0.232. The fourth-order valence-electron chi connectivity index (χ4n) is 1.40. The van der Waals surface area contributed by atoms with E-state index in [9.17, 15) is 4.39 Å². The summed E-state index contributed by atoms with van der Waals surface area (Å²) in [5.41, 5.74) is 0.641. The molecule has 1 aromatic carbocycles. The first kappa shape index (κ1) is 11.0. The Labute approximate surface area is 98.0 Å². The molecule has 17 heavy (non-hydrogen) atoms. The van der Waals surface area contributed by atoms with Gasteiger partial charge in [0.15, 0.2) is 11.5 Å². The van der Waals surface area contributed by atoms with Crippen molar-refractivity contribution < 1.29 is 4.39 Å². The molecule has 1 heterocycles. The predicted molar refractivity (Wildman–Crippen MR) is 61.2 cm³/mol. The monoisotopic (exact) mass is 228 g/mol. The van der Waals surface area contributed by atoms with Crippen molar-refractivity contribution in [2.45, 2.75) is 0 Å². The number of rotatable bonds is 2. The van der Waals surface area contributed by atoms with E-state index in [0.29, 0.717) is 11.5 Å². The zero-order chi connectivity index (χ0) is 12.3. The van der Waals surface area contributed by atoms with Gasteiger partial charge in [-0.1, -0.05) is 12.1 Å². The summed E-state index contributed by atoms with van der Waals surface area (Å²) in [5, 5.41) is 8.60. The Morgan fingerprint density at radius 2 is 2.00 bits per heavy atom. The molecule has 0 N–H and O–H groups in total. The molecule has 5 heteroatoms. The third-order valence-electron chi connectivity index (χ3n) is 2.31. The van der Waals surface area contributed by atoms with Crippen LogP contribution in [0.15, 0.2) is 36.7 Å². The number of anilines is 2. The molecule has 0 saturated carbocycles. The lowest BCUT2D eigenvalue weighted by molar-refractivity contribution is 0.627. The third kappa shape index (κ3) is 2.21. The highest BCUT2D eigenvalue weighted by Crippen LogP contribution is 2.23. The van der Waals surface area contributed by atoms with Gasteiger partial charge in [0.2, 0.25) is 0 Å². The van der Waals surface area contributed by atoms with E-state index in [1.165, 1.54) is 18.5 Å². The summed E-state index contributed by atoms with van der Waals surface area (Å²) in [6.45, 7) is 0. The molecule has 0 fully saturated rings. The second kappa shape index (κ2) is 4.58. The topological polar surface area (TPSA) is 52.8 Å². The summed E-state index contributed by atoms with van der Waals surface area (Å²) in [4.78, 5) is 9.50. The first-order chi connectivity index (χ1) is 8.22. The second-order valence-corrected chi connectivity index (χ2v) is 3.38. The Hall–Kier alpha value is -2.48. The number of nitrogens with zero attached hydrogens (tertiary/aromatic N) is 4. The summed E-state index contributed by atoms with van der Waals surface area (Å²) in [7, 11) is 1.69. The van der Waals surface area contributed by atoms with E-state index < -0.39 is 0 Å². The van der Waals surface area contributed by atoms with Crippen molar-refractivity contribution in [1.29, 1.82) is 5.26 Å². The Morgan fingerprint density at radius 3 is 2.59 bits per heavy atom. The number of benzene rings is 1. The van der Waals surface area contributed by atoms with Gasteiger partial charge >= 0.3 is 0 Å². The minimum Gasteiger partial charge on any atom is -0.326 e. The largest absolute Gasteiger partial charge is 0.326 e. The van der Waals surface area contributed by atoms with Crippen LogP contribution in [-0.2, 0) is 0 Å². The molecule has 0 radical (unpaired) electrons. The molecule has 0 aliphatic heterocycles. The fourth-order valence-corrected chi connectivity index (χ4v) is 1.40. The van der Waals surface area contributed by atoms with E-state index in [-0.39, 0.29) is 11.5 Å². The van der Waals surface area contributed by atoms with Crippen molar-refractivity contribution in [2.24, 2.45) is 0 Å². The highest BCUT2D eigenvalue weighted by Gasteiger charge is 2.09. The van der Waals surface area contributed by atoms with Crippen molar-refractivity contribution in [2.75, 3.05) is 11.9 Å². The fraction of sp³-hybridized carbons (Fsp3) is 0.0833. The second-order valence-electron chi connectivity index (χ2n) is 3.38. The molecule has 84 valence electrons. The lowest BCUT2D eigenvalue weighted by Crippen LogP contribution is -2.13. The molecule has 4 nitrogen and oxygen atoms in total. The van der Waals surface area contributed by atoms with Crippen LogP contribution in [0.2, 0.25) is 0 Å². The van der Waals surface area contributed by atoms with Crippen molar-refractivity contribution >= 4 is 11.5 Å². The molecule has 0 saturated heterocycles. The van der Waals surface area contributed by atoms with Crippen LogP contribution in [0.3, 0.4) is 0 Å². The highest BCUT2D eigenvalue weighted by atomic mass is 19.1. The van der Waals surface area contributed by atoms with Crippen LogP contribution in [0.5, 0.6) is 0 Å². The molecule has 0 spiro atoms. The number of halogens is 1. The molecule has 0 unspecified atom stereocenters. The summed E-state index contributed by atoms with van der Waals surface area (Å²) in [6.07, 6.45) is 2.79. The Bertz CT molecular complexity index is 559. The van der Waals surface area contributed by atoms with Crippen molar-refractivity contribution in [3.05, 3.63) is 48.2 Å². The van der Waals surface area contributed by atoms with Crippen molar-refractivity contribution in [3.63, 3.8) is 0 Å². The molecule has 2 aromatic rings. The first-order valence-corrected chi connectivity index (χ1v) is 4.93. The van der Waals surface area contributed by atoms with Crippen LogP contribution in [-0.4, -0.2) is 17.0 Å². The molecule has 0 atom stereocenters. The molecule has 1 aromatic heterocycles. The van der Waals surface area contributed by atoms with Gasteiger partial charge in [0.1, 0.15) is 11.9 Å². The average Bonchev–Trinajstić information content (AvgIpc) is 2.39. The van der Waals surface area contributed by atoms with E-state index in [1.807, 2.05) is 6.07 Å². The van der Waals surface area contributed by atoms with Gasteiger partial charge in [-0.15, -0.1) is 0 Å². The van der Waals surface area contributed by atoms with Gasteiger partial charge in [0.05, 0.1) is 18.1 Å². The minimum atomic E-state index is -0.332.